The maximum Gasteiger partial charge on any atom is 0.307 e. The Kier molecular flexibility index (Phi) is 5.16. The number of amides is 1. The monoisotopic (exact) mass is 419 g/mol. The molecule has 0 saturated heterocycles. The summed E-state index contributed by atoms with van der Waals surface area (Å²) in [6, 6.07) is 2.46. The Labute approximate surface area is 137 Å². The van der Waals surface area contributed by atoms with E-state index >= 15 is 0 Å². The summed E-state index contributed by atoms with van der Waals surface area (Å²) in [5, 5.41) is 11.9. The third-order valence-electron chi connectivity index (χ3n) is 3.34. The number of benzene rings is 1. The molecule has 2 N–H and O–H groups in total. The predicted octanol–water partition coefficient (Wildman–Crippen LogP) is 3.96. The molecule has 0 fully saturated rings. The number of aliphatic carboxylic acids is 1. The molecule has 0 spiro atoms. The van der Waals surface area contributed by atoms with Crippen molar-refractivity contribution in [2.75, 3.05) is 5.32 Å². The van der Waals surface area contributed by atoms with Crippen LogP contribution in [-0.4, -0.2) is 17.0 Å². The molecule has 0 bridgehead atoms. The second kappa shape index (κ2) is 6.70. The van der Waals surface area contributed by atoms with Gasteiger partial charge in [0, 0.05) is 8.95 Å². The molecule has 4 nitrogen and oxygen atoms in total. The van der Waals surface area contributed by atoms with Gasteiger partial charge >= 0.3 is 5.97 Å². The molecule has 112 valence electrons. The standard InChI is InChI=1S/C14H12Br2FNO3/c15-10-5-7(17)6-11(16)12(10)18-13(19)8-3-1-2-4-9(8)14(20)21/h1-2,5-6,8-9H,3-4H2,(H,18,19)(H,20,21)/t8-,9+/m1/s1. The summed E-state index contributed by atoms with van der Waals surface area (Å²) in [5.74, 6) is -3.21. The molecule has 0 aromatic heterocycles. The molecule has 0 radical (unpaired) electrons. The number of anilines is 1. The Morgan fingerprint density at radius 2 is 1.67 bits per heavy atom. The third kappa shape index (κ3) is 3.71. The van der Waals surface area contributed by atoms with Crippen LogP contribution in [0.2, 0.25) is 0 Å². The minimum absolute atomic E-state index is 0.333. The van der Waals surface area contributed by atoms with E-state index in [1.807, 2.05) is 0 Å². The van der Waals surface area contributed by atoms with Crippen LogP contribution in [0.4, 0.5) is 10.1 Å². The first-order chi connectivity index (χ1) is 9.90. The third-order valence-corrected chi connectivity index (χ3v) is 4.59. The number of halogens is 3. The van der Waals surface area contributed by atoms with Crippen LogP contribution < -0.4 is 5.32 Å². The molecule has 7 heteroatoms. The average Bonchev–Trinajstić information content (AvgIpc) is 2.42. The van der Waals surface area contributed by atoms with E-state index in [0.29, 0.717) is 27.5 Å². The zero-order chi connectivity index (χ0) is 15.6. The summed E-state index contributed by atoms with van der Waals surface area (Å²) in [6.07, 6.45) is 4.28. The summed E-state index contributed by atoms with van der Waals surface area (Å²) in [5.41, 5.74) is 0.389. The van der Waals surface area contributed by atoms with Crippen molar-refractivity contribution in [3.8, 4) is 0 Å². The summed E-state index contributed by atoms with van der Waals surface area (Å²) in [6.45, 7) is 0. The Balaban J connectivity index is 2.21. The van der Waals surface area contributed by atoms with Gasteiger partial charge in [-0.25, -0.2) is 4.39 Å². The van der Waals surface area contributed by atoms with Crippen molar-refractivity contribution in [3.05, 3.63) is 39.0 Å². The van der Waals surface area contributed by atoms with Gasteiger partial charge in [0.2, 0.25) is 5.91 Å². The van der Waals surface area contributed by atoms with Gasteiger partial charge in [-0.15, -0.1) is 0 Å². The zero-order valence-electron chi connectivity index (χ0n) is 10.8. The van der Waals surface area contributed by atoms with Crippen LogP contribution in [0.25, 0.3) is 0 Å². The van der Waals surface area contributed by atoms with E-state index in [1.165, 1.54) is 12.1 Å². The van der Waals surface area contributed by atoms with Gasteiger partial charge in [-0.1, -0.05) is 12.2 Å². The van der Waals surface area contributed by atoms with Crippen LogP contribution in [0.1, 0.15) is 12.8 Å². The number of nitrogens with one attached hydrogen (secondary N) is 1. The van der Waals surface area contributed by atoms with Crippen molar-refractivity contribution < 1.29 is 19.1 Å². The summed E-state index contributed by atoms with van der Waals surface area (Å²) < 4.78 is 14.0. The van der Waals surface area contributed by atoms with Crippen molar-refractivity contribution in [1.29, 1.82) is 0 Å². The van der Waals surface area contributed by atoms with E-state index < -0.39 is 23.6 Å². The lowest BCUT2D eigenvalue weighted by molar-refractivity contribution is -0.146. The highest BCUT2D eigenvalue weighted by atomic mass is 79.9. The average molecular weight is 421 g/mol. The fourth-order valence-corrected chi connectivity index (χ4v) is 3.58. The molecule has 0 saturated carbocycles. The lowest BCUT2D eigenvalue weighted by atomic mass is 9.82. The molecular weight excluding hydrogens is 409 g/mol. The van der Waals surface area contributed by atoms with E-state index in [0.717, 1.165) is 0 Å². The fourth-order valence-electron chi connectivity index (χ4n) is 2.25. The number of carbonyl (C=O) groups is 2. The first-order valence-corrected chi connectivity index (χ1v) is 7.82. The zero-order valence-corrected chi connectivity index (χ0v) is 13.9. The maximum atomic E-state index is 13.2. The van der Waals surface area contributed by atoms with Gasteiger partial charge in [-0.2, -0.15) is 0 Å². The van der Waals surface area contributed by atoms with Gasteiger partial charge in [0.15, 0.2) is 0 Å². The van der Waals surface area contributed by atoms with E-state index in [4.69, 9.17) is 0 Å². The number of carbonyl (C=O) groups excluding carboxylic acids is 1. The van der Waals surface area contributed by atoms with Crippen molar-refractivity contribution in [1.82, 2.24) is 0 Å². The van der Waals surface area contributed by atoms with Crippen LogP contribution in [0, 0.1) is 17.7 Å². The normalized spacial score (nSPS) is 21.1. The molecule has 2 rings (SSSR count). The topological polar surface area (TPSA) is 66.4 Å². The molecule has 1 amide bonds. The van der Waals surface area contributed by atoms with Gasteiger partial charge in [-0.3, -0.25) is 9.59 Å². The SMILES string of the molecule is O=C(O)[C@H]1CC=CC[C@H]1C(=O)Nc1c(Br)cc(F)cc1Br. The molecule has 0 heterocycles. The second-order valence-corrected chi connectivity index (χ2v) is 6.44. The van der Waals surface area contributed by atoms with Crippen molar-refractivity contribution in [2.24, 2.45) is 11.8 Å². The van der Waals surface area contributed by atoms with Crippen molar-refractivity contribution in [2.45, 2.75) is 12.8 Å². The predicted molar refractivity (Wildman–Crippen MR) is 83.4 cm³/mol. The number of hydrogen-bond donors (Lipinski definition) is 2. The van der Waals surface area contributed by atoms with Gasteiger partial charge in [0.25, 0.3) is 0 Å². The Morgan fingerprint density at radius 3 is 2.19 bits per heavy atom. The smallest absolute Gasteiger partial charge is 0.307 e. The largest absolute Gasteiger partial charge is 0.481 e. The number of carboxylic acid groups (broad SMARTS) is 1. The minimum Gasteiger partial charge on any atom is -0.481 e. The molecule has 1 aromatic rings. The number of carboxylic acids is 1. The van der Waals surface area contributed by atoms with E-state index in [9.17, 15) is 19.1 Å². The van der Waals surface area contributed by atoms with E-state index in [-0.39, 0.29) is 5.91 Å². The van der Waals surface area contributed by atoms with Crippen LogP contribution in [0.3, 0.4) is 0 Å². The lowest BCUT2D eigenvalue weighted by Gasteiger charge is -2.24. The molecule has 0 unspecified atom stereocenters. The van der Waals surface area contributed by atoms with E-state index in [1.54, 1.807) is 12.2 Å². The number of hydrogen-bond acceptors (Lipinski definition) is 2. The van der Waals surface area contributed by atoms with Crippen LogP contribution in [-0.2, 0) is 9.59 Å². The summed E-state index contributed by atoms with van der Waals surface area (Å²) in [7, 11) is 0. The molecule has 21 heavy (non-hydrogen) atoms. The summed E-state index contributed by atoms with van der Waals surface area (Å²) in [4.78, 5) is 23.5. The molecule has 1 aliphatic rings. The highest BCUT2D eigenvalue weighted by molar-refractivity contribution is 9.11. The fraction of sp³-hybridized carbons (Fsp3) is 0.286. The highest BCUT2D eigenvalue weighted by Gasteiger charge is 2.34. The van der Waals surface area contributed by atoms with Crippen LogP contribution in [0.15, 0.2) is 33.2 Å². The quantitative estimate of drug-likeness (QED) is 0.727. The molecule has 2 atom stereocenters. The van der Waals surface area contributed by atoms with Crippen LogP contribution >= 0.6 is 31.9 Å². The summed E-state index contributed by atoms with van der Waals surface area (Å²) >= 11 is 6.36. The molecule has 0 aliphatic heterocycles. The van der Waals surface area contributed by atoms with Crippen molar-refractivity contribution in [3.63, 3.8) is 0 Å². The Bertz CT molecular complexity index is 595. The van der Waals surface area contributed by atoms with Gasteiger partial charge in [0.1, 0.15) is 5.82 Å². The maximum absolute atomic E-state index is 13.2. The Hall–Kier alpha value is -1.21. The molecule has 1 aromatic carbocycles. The van der Waals surface area contributed by atoms with Gasteiger partial charge in [-0.05, 0) is 56.8 Å². The van der Waals surface area contributed by atoms with Crippen molar-refractivity contribution >= 4 is 49.4 Å². The minimum atomic E-state index is -0.989. The van der Waals surface area contributed by atoms with Gasteiger partial charge in [0.05, 0.1) is 17.5 Å². The van der Waals surface area contributed by atoms with Gasteiger partial charge < -0.3 is 10.4 Å². The van der Waals surface area contributed by atoms with Crippen LogP contribution in [0.5, 0.6) is 0 Å². The highest BCUT2D eigenvalue weighted by Crippen LogP contribution is 2.34. The molecular formula is C14H12Br2FNO3. The second-order valence-electron chi connectivity index (χ2n) is 4.73. The lowest BCUT2D eigenvalue weighted by Crippen LogP contribution is -2.34. The first kappa shape index (κ1) is 16.2. The first-order valence-electron chi connectivity index (χ1n) is 6.23. The Morgan fingerprint density at radius 1 is 1.14 bits per heavy atom. The molecule has 1 aliphatic carbocycles. The van der Waals surface area contributed by atoms with E-state index in [2.05, 4.69) is 37.2 Å². The number of allylic oxidation sites excluding steroid dienone is 2. The number of rotatable bonds is 3.